The molecule has 0 saturated carbocycles. The maximum Gasteiger partial charge on any atom is 0.190 e. The minimum Gasteiger partial charge on any atom is -0.508 e. The Morgan fingerprint density at radius 3 is 1.88 bits per heavy atom. The molecule has 2 rings (SSSR count). The molecular formula is C14H14O3. The first-order valence-corrected chi connectivity index (χ1v) is 5.46. The highest BCUT2D eigenvalue weighted by molar-refractivity contribution is 6.27. The minimum atomic E-state index is -0.159. The number of carbonyl (C=O) groups is 2. The van der Waals surface area contributed by atoms with Crippen LogP contribution in [-0.2, 0) is 0 Å². The van der Waals surface area contributed by atoms with E-state index in [4.69, 9.17) is 0 Å². The fraction of sp³-hybridized carbons (Fsp3) is 0.286. The van der Waals surface area contributed by atoms with Gasteiger partial charge in [-0.15, -0.1) is 0 Å². The summed E-state index contributed by atoms with van der Waals surface area (Å²) in [5.74, 6) is -0.207. The van der Waals surface area contributed by atoms with E-state index in [1.165, 1.54) is 6.07 Å². The summed E-state index contributed by atoms with van der Waals surface area (Å²) in [6.45, 7) is 6.71. The lowest BCUT2D eigenvalue weighted by Crippen LogP contribution is -2.22. The van der Waals surface area contributed by atoms with Gasteiger partial charge in [-0.1, -0.05) is 0 Å². The van der Waals surface area contributed by atoms with Crippen molar-refractivity contribution in [2.45, 2.75) is 27.7 Å². The van der Waals surface area contributed by atoms with Gasteiger partial charge in [-0.25, -0.2) is 0 Å². The van der Waals surface area contributed by atoms with Crippen LogP contribution in [0.3, 0.4) is 0 Å². The predicted molar refractivity (Wildman–Crippen MR) is 64.6 cm³/mol. The van der Waals surface area contributed by atoms with E-state index in [-0.39, 0.29) is 17.3 Å². The van der Waals surface area contributed by atoms with E-state index in [0.29, 0.717) is 33.4 Å². The molecule has 1 aliphatic carbocycles. The van der Waals surface area contributed by atoms with E-state index in [1.54, 1.807) is 27.7 Å². The van der Waals surface area contributed by atoms with E-state index in [2.05, 4.69) is 0 Å². The van der Waals surface area contributed by atoms with Crippen LogP contribution in [0.5, 0.6) is 5.75 Å². The number of carbonyl (C=O) groups excluding carboxylic acids is 2. The summed E-state index contributed by atoms with van der Waals surface area (Å²) in [4.78, 5) is 24.3. The van der Waals surface area contributed by atoms with Crippen molar-refractivity contribution >= 4 is 11.6 Å². The fourth-order valence-electron chi connectivity index (χ4n) is 2.19. The number of phenolic OH excluding ortho intramolecular Hbond substituents is 1. The molecule has 3 heteroatoms. The number of ketones is 2. The zero-order valence-electron chi connectivity index (χ0n) is 10.3. The first-order chi connectivity index (χ1) is 7.86. The monoisotopic (exact) mass is 230 g/mol. The summed E-state index contributed by atoms with van der Waals surface area (Å²) in [7, 11) is 0. The van der Waals surface area contributed by atoms with Crippen molar-refractivity contribution in [2.75, 3.05) is 0 Å². The molecule has 1 aliphatic rings. The Kier molecular flexibility index (Phi) is 2.42. The van der Waals surface area contributed by atoms with Crippen LogP contribution < -0.4 is 0 Å². The average molecular weight is 230 g/mol. The molecule has 1 aromatic rings. The summed E-state index contributed by atoms with van der Waals surface area (Å²) < 4.78 is 0. The fourth-order valence-corrected chi connectivity index (χ4v) is 2.19. The van der Waals surface area contributed by atoms with E-state index < -0.39 is 0 Å². The van der Waals surface area contributed by atoms with Crippen LogP contribution in [0.1, 0.15) is 45.7 Å². The SMILES string of the molecule is CC1=C(C)C(=O)c2c(C)c(O)cc(C)c2C1=O. The normalized spacial score (nSPS) is 15.3. The number of Topliss-reactive ketones (excluding diaryl/α,β-unsaturated/α-hetero) is 2. The first-order valence-electron chi connectivity index (χ1n) is 5.46. The second-order valence-electron chi connectivity index (χ2n) is 4.50. The third-order valence-corrected chi connectivity index (χ3v) is 3.45. The zero-order chi connectivity index (χ0) is 12.9. The van der Waals surface area contributed by atoms with E-state index in [0.717, 1.165) is 0 Å². The second-order valence-corrected chi connectivity index (χ2v) is 4.50. The number of fused-ring (bicyclic) bond motifs is 1. The highest BCUT2D eigenvalue weighted by Crippen LogP contribution is 2.34. The Morgan fingerprint density at radius 2 is 1.35 bits per heavy atom. The molecule has 1 aromatic carbocycles. The zero-order valence-corrected chi connectivity index (χ0v) is 10.3. The highest BCUT2D eigenvalue weighted by atomic mass is 16.3. The number of aromatic hydroxyl groups is 1. The number of phenols is 1. The molecule has 0 unspecified atom stereocenters. The maximum atomic E-state index is 12.2. The molecular weight excluding hydrogens is 216 g/mol. The van der Waals surface area contributed by atoms with Crippen LogP contribution in [0.15, 0.2) is 17.2 Å². The Hall–Kier alpha value is -1.90. The minimum absolute atomic E-state index is 0.0646. The van der Waals surface area contributed by atoms with Crippen molar-refractivity contribution in [1.82, 2.24) is 0 Å². The maximum absolute atomic E-state index is 12.2. The topological polar surface area (TPSA) is 54.4 Å². The number of allylic oxidation sites excluding steroid dienone is 2. The van der Waals surface area contributed by atoms with Crippen molar-refractivity contribution in [2.24, 2.45) is 0 Å². The Labute approximate surface area is 99.8 Å². The van der Waals surface area contributed by atoms with Crippen molar-refractivity contribution in [3.05, 3.63) is 39.5 Å². The molecule has 0 aromatic heterocycles. The summed E-state index contributed by atoms with van der Waals surface area (Å²) >= 11 is 0. The van der Waals surface area contributed by atoms with Gasteiger partial charge in [0.2, 0.25) is 0 Å². The average Bonchev–Trinajstić information content (AvgIpc) is 2.28. The van der Waals surface area contributed by atoms with Gasteiger partial charge in [0, 0.05) is 27.8 Å². The number of hydrogen-bond donors (Lipinski definition) is 1. The van der Waals surface area contributed by atoms with Gasteiger partial charge < -0.3 is 5.11 Å². The second kappa shape index (κ2) is 3.55. The van der Waals surface area contributed by atoms with Crippen molar-refractivity contribution < 1.29 is 14.7 Å². The third kappa shape index (κ3) is 1.42. The summed E-state index contributed by atoms with van der Waals surface area (Å²) in [6.07, 6.45) is 0. The Morgan fingerprint density at radius 1 is 0.882 bits per heavy atom. The lowest BCUT2D eigenvalue weighted by atomic mass is 9.81. The molecule has 88 valence electrons. The molecule has 0 fully saturated rings. The number of rotatable bonds is 0. The van der Waals surface area contributed by atoms with Gasteiger partial charge in [0.05, 0.1) is 0 Å². The summed E-state index contributed by atoms with van der Waals surface area (Å²) in [5, 5.41) is 9.73. The van der Waals surface area contributed by atoms with Gasteiger partial charge in [-0.3, -0.25) is 9.59 Å². The van der Waals surface area contributed by atoms with E-state index >= 15 is 0 Å². The number of benzene rings is 1. The summed E-state index contributed by atoms with van der Waals surface area (Å²) in [5.41, 5.74) is 2.89. The van der Waals surface area contributed by atoms with Crippen LogP contribution in [-0.4, -0.2) is 16.7 Å². The Bertz CT molecular complexity index is 592. The largest absolute Gasteiger partial charge is 0.508 e. The molecule has 17 heavy (non-hydrogen) atoms. The molecule has 0 heterocycles. The van der Waals surface area contributed by atoms with Gasteiger partial charge in [0.15, 0.2) is 11.6 Å². The standard InChI is InChI=1S/C14H14O3/c1-6-5-10(15)9(4)12-11(6)13(16)7(2)8(3)14(12)17/h5,15H,1-4H3. The Balaban J connectivity index is 2.90. The van der Waals surface area contributed by atoms with Gasteiger partial charge in [0.25, 0.3) is 0 Å². The van der Waals surface area contributed by atoms with Crippen LogP contribution >= 0.6 is 0 Å². The predicted octanol–water partition coefficient (Wildman–Crippen LogP) is 2.72. The summed E-state index contributed by atoms with van der Waals surface area (Å²) in [6, 6.07) is 1.54. The van der Waals surface area contributed by atoms with Crippen molar-refractivity contribution in [3.8, 4) is 5.75 Å². The molecule has 0 radical (unpaired) electrons. The third-order valence-electron chi connectivity index (χ3n) is 3.45. The highest BCUT2D eigenvalue weighted by Gasteiger charge is 2.31. The molecule has 3 nitrogen and oxygen atoms in total. The van der Waals surface area contributed by atoms with Crippen LogP contribution in [0, 0.1) is 13.8 Å². The lowest BCUT2D eigenvalue weighted by molar-refractivity contribution is 0.0973. The molecule has 0 atom stereocenters. The quantitative estimate of drug-likeness (QED) is 0.745. The van der Waals surface area contributed by atoms with Crippen molar-refractivity contribution in [1.29, 1.82) is 0 Å². The van der Waals surface area contributed by atoms with Gasteiger partial charge in [0.1, 0.15) is 5.75 Å². The van der Waals surface area contributed by atoms with Crippen LogP contribution in [0.25, 0.3) is 0 Å². The molecule has 0 amide bonds. The smallest absolute Gasteiger partial charge is 0.190 e. The lowest BCUT2D eigenvalue weighted by Gasteiger charge is -2.21. The van der Waals surface area contributed by atoms with E-state index in [9.17, 15) is 14.7 Å². The number of hydrogen-bond acceptors (Lipinski definition) is 3. The van der Waals surface area contributed by atoms with Crippen LogP contribution in [0.4, 0.5) is 0 Å². The van der Waals surface area contributed by atoms with Crippen LogP contribution in [0.2, 0.25) is 0 Å². The molecule has 0 saturated heterocycles. The number of aryl methyl sites for hydroxylation is 1. The van der Waals surface area contributed by atoms with Gasteiger partial charge in [-0.2, -0.15) is 0 Å². The molecule has 0 aliphatic heterocycles. The van der Waals surface area contributed by atoms with E-state index in [1.807, 2.05) is 0 Å². The first kappa shape index (κ1) is 11.6. The van der Waals surface area contributed by atoms with Gasteiger partial charge in [-0.05, 0) is 39.3 Å². The molecule has 1 N–H and O–H groups in total. The van der Waals surface area contributed by atoms with Gasteiger partial charge >= 0.3 is 0 Å². The molecule has 0 bridgehead atoms. The molecule has 0 spiro atoms. The van der Waals surface area contributed by atoms with Crippen molar-refractivity contribution in [3.63, 3.8) is 0 Å².